The van der Waals surface area contributed by atoms with Gasteiger partial charge in [-0.2, -0.15) is 0 Å². The summed E-state index contributed by atoms with van der Waals surface area (Å²) in [5.74, 6) is 1.45. The zero-order chi connectivity index (χ0) is 18.1. The number of nitrogens with zero attached hydrogens (tertiary/aromatic N) is 2. The molecule has 4 rings (SSSR count). The van der Waals surface area contributed by atoms with Gasteiger partial charge in [0, 0.05) is 22.2 Å². The van der Waals surface area contributed by atoms with Crippen molar-refractivity contribution in [1.82, 2.24) is 9.97 Å². The SMILES string of the molecule is CCc1nc(SCC(=O)c2ccc(C)cc2)c2c3c(sc2n1)CCCC3. The fourth-order valence-corrected chi connectivity index (χ4v) is 5.70. The third kappa shape index (κ3) is 3.42. The lowest BCUT2D eigenvalue weighted by atomic mass is 9.97. The highest BCUT2D eigenvalue weighted by molar-refractivity contribution is 8.00. The molecule has 5 heteroatoms. The van der Waals surface area contributed by atoms with Crippen molar-refractivity contribution < 1.29 is 4.79 Å². The highest BCUT2D eigenvalue weighted by atomic mass is 32.2. The maximum atomic E-state index is 12.6. The zero-order valence-corrected chi connectivity index (χ0v) is 16.8. The van der Waals surface area contributed by atoms with Crippen molar-refractivity contribution in [2.45, 2.75) is 51.0 Å². The number of thiophene rings is 1. The van der Waals surface area contributed by atoms with Crippen LogP contribution in [0.15, 0.2) is 29.3 Å². The number of hydrogen-bond donors (Lipinski definition) is 0. The van der Waals surface area contributed by atoms with Gasteiger partial charge >= 0.3 is 0 Å². The van der Waals surface area contributed by atoms with E-state index in [0.29, 0.717) is 5.75 Å². The quantitative estimate of drug-likeness (QED) is 0.336. The number of benzene rings is 1. The fourth-order valence-electron chi connectivity index (χ4n) is 3.39. The number of aromatic nitrogens is 2. The highest BCUT2D eigenvalue weighted by Gasteiger charge is 2.21. The first-order chi connectivity index (χ1) is 12.7. The molecule has 0 spiro atoms. The van der Waals surface area contributed by atoms with Crippen LogP contribution in [0.2, 0.25) is 0 Å². The minimum atomic E-state index is 0.156. The molecule has 2 aromatic heterocycles. The van der Waals surface area contributed by atoms with Gasteiger partial charge in [-0.15, -0.1) is 11.3 Å². The number of ketones is 1. The number of aryl methyl sites for hydroxylation is 4. The predicted molar refractivity (Wildman–Crippen MR) is 110 cm³/mol. The summed E-state index contributed by atoms with van der Waals surface area (Å²) < 4.78 is 0. The van der Waals surface area contributed by atoms with Crippen molar-refractivity contribution in [1.29, 1.82) is 0 Å². The van der Waals surface area contributed by atoms with Crippen molar-refractivity contribution in [3.05, 3.63) is 51.7 Å². The number of carbonyl (C=O) groups excluding carboxylic acids is 1. The molecule has 0 aliphatic heterocycles. The molecule has 0 bridgehead atoms. The van der Waals surface area contributed by atoms with E-state index in [1.54, 1.807) is 11.8 Å². The van der Waals surface area contributed by atoms with Gasteiger partial charge in [-0.05, 0) is 38.2 Å². The Morgan fingerprint density at radius 2 is 1.92 bits per heavy atom. The normalized spacial score (nSPS) is 13.8. The molecule has 0 unspecified atom stereocenters. The van der Waals surface area contributed by atoms with Gasteiger partial charge in [0.15, 0.2) is 5.78 Å². The Labute approximate surface area is 162 Å². The molecule has 0 saturated heterocycles. The summed E-state index contributed by atoms with van der Waals surface area (Å²) in [5, 5.41) is 2.20. The molecule has 1 aliphatic carbocycles. The van der Waals surface area contributed by atoms with Crippen LogP contribution < -0.4 is 0 Å². The minimum Gasteiger partial charge on any atom is -0.293 e. The largest absolute Gasteiger partial charge is 0.293 e. The summed E-state index contributed by atoms with van der Waals surface area (Å²) in [7, 11) is 0. The standard InChI is InChI=1S/C21H22N2OS2/c1-3-18-22-20(25-12-16(24)14-10-8-13(2)9-11-14)19-15-6-4-5-7-17(15)26-21(19)23-18/h8-11H,3-7,12H2,1-2H3. The molecule has 0 amide bonds. The average Bonchev–Trinajstić information content (AvgIpc) is 3.04. The van der Waals surface area contributed by atoms with E-state index in [2.05, 4.69) is 6.92 Å². The first-order valence-corrected chi connectivity index (χ1v) is 11.0. The highest BCUT2D eigenvalue weighted by Crippen LogP contribution is 2.39. The van der Waals surface area contributed by atoms with E-state index < -0.39 is 0 Å². The number of rotatable bonds is 5. The summed E-state index contributed by atoms with van der Waals surface area (Å²) in [6.45, 7) is 4.12. The summed E-state index contributed by atoms with van der Waals surface area (Å²) in [4.78, 5) is 24.7. The molecule has 26 heavy (non-hydrogen) atoms. The van der Waals surface area contributed by atoms with Crippen LogP contribution in [0.4, 0.5) is 0 Å². The molecular formula is C21H22N2OS2. The molecule has 0 radical (unpaired) electrons. The van der Waals surface area contributed by atoms with Crippen molar-refractivity contribution in [3.63, 3.8) is 0 Å². The smallest absolute Gasteiger partial charge is 0.173 e. The summed E-state index contributed by atoms with van der Waals surface area (Å²) in [5.41, 5.74) is 3.38. The van der Waals surface area contributed by atoms with Crippen LogP contribution in [0, 0.1) is 6.92 Å². The molecule has 1 aromatic carbocycles. The second-order valence-electron chi connectivity index (χ2n) is 6.77. The molecule has 0 fully saturated rings. The summed E-state index contributed by atoms with van der Waals surface area (Å²) >= 11 is 3.40. The molecule has 0 atom stereocenters. The van der Waals surface area contributed by atoms with E-state index in [1.807, 2.05) is 42.5 Å². The van der Waals surface area contributed by atoms with E-state index >= 15 is 0 Å². The minimum absolute atomic E-state index is 0.156. The average molecular weight is 383 g/mol. The number of carbonyl (C=O) groups is 1. The number of hydrogen-bond acceptors (Lipinski definition) is 5. The lowest BCUT2D eigenvalue weighted by Gasteiger charge is -2.12. The first kappa shape index (κ1) is 17.7. The second-order valence-corrected chi connectivity index (χ2v) is 8.82. The molecular weight excluding hydrogens is 360 g/mol. The van der Waals surface area contributed by atoms with Gasteiger partial charge in [-0.1, -0.05) is 48.5 Å². The van der Waals surface area contributed by atoms with Crippen molar-refractivity contribution >= 4 is 39.1 Å². The zero-order valence-electron chi connectivity index (χ0n) is 15.2. The Bertz CT molecular complexity index is 960. The number of fused-ring (bicyclic) bond motifs is 3. The fraction of sp³-hybridized carbons (Fsp3) is 0.381. The van der Waals surface area contributed by atoms with Crippen molar-refractivity contribution in [3.8, 4) is 0 Å². The summed E-state index contributed by atoms with van der Waals surface area (Å²) in [6.07, 6.45) is 5.59. The molecule has 3 nitrogen and oxygen atoms in total. The molecule has 0 saturated carbocycles. The Balaban J connectivity index is 1.65. The van der Waals surface area contributed by atoms with E-state index in [0.717, 1.165) is 40.5 Å². The van der Waals surface area contributed by atoms with E-state index in [9.17, 15) is 4.79 Å². The third-order valence-electron chi connectivity index (χ3n) is 4.86. The van der Waals surface area contributed by atoms with Crippen LogP contribution in [-0.4, -0.2) is 21.5 Å². The Hall–Kier alpha value is -1.72. The monoisotopic (exact) mass is 382 g/mol. The van der Waals surface area contributed by atoms with Gasteiger partial charge in [-0.25, -0.2) is 9.97 Å². The van der Waals surface area contributed by atoms with Crippen LogP contribution >= 0.6 is 23.1 Å². The topological polar surface area (TPSA) is 42.9 Å². The van der Waals surface area contributed by atoms with Gasteiger partial charge in [0.05, 0.1) is 5.75 Å². The van der Waals surface area contributed by atoms with Crippen LogP contribution in [0.5, 0.6) is 0 Å². The third-order valence-corrected chi connectivity index (χ3v) is 7.02. The van der Waals surface area contributed by atoms with Crippen LogP contribution in [0.3, 0.4) is 0 Å². The second kappa shape index (κ2) is 7.49. The van der Waals surface area contributed by atoms with Crippen molar-refractivity contribution in [2.75, 3.05) is 5.75 Å². The van der Waals surface area contributed by atoms with Crippen molar-refractivity contribution in [2.24, 2.45) is 0 Å². The lowest BCUT2D eigenvalue weighted by Crippen LogP contribution is -2.04. The first-order valence-electron chi connectivity index (χ1n) is 9.19. The Kier molecular flexibility index (Phi) is 5.09. The summed E-state index contributed by atoms with van der Waals surface area (Å²) in [6, 6.07) is 7.81. The van der Waals surface area contributed by atoms with E-state index in [4.69, 9.17) is 9.97 Å². The maximum absolute atomic E-state index is 12.6. The molecule has 134 valence electrons. The number of Topliss-reactive ketones (excluding diaryl/α,β-unsaturated/α-hetero) is 1. The van der Waals surface area contributed by atoms with Crippen LogP contribution in [0.25, 0.3) is 10.2 Å². The van der Waals surface area contributed by atoms with Crippen LogP contribution in [0.1, 0.15) is 52.0 Å². The van der Waals surface area contributed by atoms with Crippen LogP contribution in [-0.2, 0) is 19.3 Å². The molecule has 2 heterocycles. The maximum Gasteiger partial charge on any atom is 0.173 e. The van der Waals surface area contributed by atoms with Gasteiger partial charge in [-0.3, -0.25) is 4.79 Å². The number of thioether (sulfide) groups is 1. The Morgan fingerprint density at radius 3 is 2.69 bits per heavy atom. The predicted octanol–water partition coefficient (Wildman–Crippen LogP) is 5.42. The van der Waals surface area contributed by atoms with E-state index in [1.165, 1.54) is 34.2 Å². The van der Waals surface area contributed by atoms with Gasteiger partial charge in [0.1, 0.15) is 15.7 Å². The van der Waals surface area contributed by atoms with Gasteiger partial charge in [0.25, 0.3) is 0 Å². The van der Waals surface area contributed by atoms with Gasteiger partial charge in [0.2, 0.25) is 0 Å². The van der Waals surface area contributed by atoms with Gasteiger partial charge < -0.3 is 0 Å². The molecule has 3 aromatic rings. The van der Waals surface area contributed by atoms with E-state index in [-0.39, 0.29) is 5.78 Å². The molecule has 0 N–H and O–H groups in total. The Morgan fingerprint density at radius 1 is 1.15 bits per heavy atom. The lowest BCUT2D eigenvalue weighted by molar-refractivity contribution is 0.102. The molecule has 1 aliphatic rings.